The lowest BCUT2D eigenvalue weighted by Gasteiger charge is -2.34. The Hall–Kier alpha value is -2.44. The largest absolute Gasteiger partial charge is 0.391 e. The van der Waals surface area contributed by atoms with Gasteiger partial charge in [-0.05, 0) is 55.4 Å². The molecule has 2 aliphatic heterocycles. The molecule has 1 amide bonds. The molecule has 2 aliphatic rings. The number of likely N-dealkylation sites (tertiary alicyclic amines) is 1. The number of rotatable bonds is 4. The van der Waals surface area contributed by atoms with Gasteiger partial charge in [0.25, 0.3) is 5.91 Å². The van der Waals surface area contributed by atoms with Crippen LogP contribution in [0.5, 0.6) is 0 Å². The summed E-state index contributed by atoms with van der Waals surface area (Å²) in [7, 11) is 2.14. The Bertz CT molecular complexity index is 788. The number of amides is 1. The van der Waals surface area contributed by atoms with Gasteiger partial charge in [-0.25, -0.2) is 0 Å². The molecule has 148 valence electrons. The maximum Gasteiger partial charge on any atom is 0.253 e. The van der Waals surface area contributed by atoms with Crippen LogP contribution >= 0.6 is 0 Å². The van der Waals surface area contributed by atoms with Gasteiger partial charge < -0.3 is 19.8 Å². The fourth-order valence-corrected chi connectivity index (χ4v) is 4.10. The van der Waals surface area contributed by atoms with Crippen LogP contribution in [-0.2, 0) is 6.42 Å². The number of aliphatic hydroxyl groups excluding tert-OH is 1. The number of aliphatic hydroxyl groups is 1. The molecule has 6 heteroatoms. The number of β-amino-alcohol motifs (C(OH)–C–C–N with tert-alkyl or cyclic N) is 1. The summed E-state index contributed by atoms with van der Waals surface area (Å²) >= 11 is 0. The van der Waals surface area contributed by atoms with Crippen molar-refractivity contribution in [1.29, 1.82) is 0 Å². The molecule has 1 N–H and O–H groups in total. The smallest absolute Gasteiger partial charge is 0.253 e. The van der Waals surface area contributed by atoms with Gasteiger partial charge in [-0.3, -0.25) is 9.78 Å². The second kappa shape index (κ2) is 8.29. The zero-order valence-electron chi connectivity index (χ0n) is 16.4. The molecule has 0 unspecified atom stereocenters. The quantitative estimate of drug-likeness (QED) is 0.871. The number of carbonyl (C=O) groups excluding carboxylic acids is 1. The molecule has 0 bridgehead atoms. The molecule has 2 aromatic rings. The SMILES string of the molecule is CN1CCN(c2ccc(C(=O)N3C[C@@H](Cc4ccncc4)[C@@H](O)C3)cc2)CC1. The maximum absolute atomic E-state index is 12.9. The predicted octanol–water partition coefficient (Wildman–Crippen LogP) is 1.51. The maximum atomic E-state index is 12.9. The van der Waals surface area contributed by atoms with Crippen LogP contribution in [-0.4, -0.2) is 78.2 Å². The molecule has 0 saturated carbocycles. The number of carbonyl (C=O) groups is 1. The van der Waals surface area contributed by atoms with Crippen LogP contribution in [0.4, 0.5) is 5.69 Å². The Morgan fingerprint density at radius 3 is 2.39 bits per heavy atom. The molecule has 2 fully saturated rings. The summed E-state index contributed by atoms with van der Waals surface area (Å²) in [5.41, 5.74) is 3.00. The lowest BCUT2D eigenvalue weighted by Crippen LogP contribution is -2.44. The molecule has 0 aliphatic carbocycles. The van der Waals surface area contributed by atoms with E-state index >= 15 is 0 Å². The Morgan fingerprint density at radius 1 is 1.04 bits per heavy atom. The second-order valence-electron chi connectivity index (χ2n) is 7.93. The Morgan fingerprint density at radius 2 is 1.71 bits per heavy atom. The first-order valence-corrected chi connectivity index (χ1v) is 10.00. The molecule has 4 rings (SSSR count). The van der Waals surface area contributed by atoms with Crippen molar-refractivity contribution < 1.29 is 9.90 Å². The van der Waals surface area contributed by atoms with Gasteiger partial charge in [0, 0.05) is 68.8 Å². The van der Waals surface area contributed by atoms with Gasteiger partial charge in [0.2, 0.25) is 0 Å². The fourth-order valence-electron chi connectivity index (χ4n) is 4.10. The summed E-state index contributed by atoms with van der Waals surface area (Å²) in [6.45, 7) is 5.13. The van der Waals surface area contributed by atoms with Gasteiger partial charge >= 0.3 is 0 Å². The summed E-state index contributed by atoms with van der Waals surface area (Å²) in [6.07, 6.45) is 3.81. The van der Waals surface area contributed by atoms with E-state index in [4.69, 9.17) is 0 Å². The van der Waals surface area contributed by atoms with E-state index in [1.165, 1.54) is 5.69 Å². The van der Waals surface area contributed by atoms with Crippen LogP contribution < -0.4 is 4.90 Å². The highest BCUT2D eigenvalue weighted by molar-refractivity contribution is 5.94. The van der Waals surface area contributed by atoms with Gasteiger partial charge in [-0.1, -0.05) is 0 Å². The van der Waals surface area contributed by atoms with Crippen molar-refractivity contribution in [3.05, 3.63) is 59.9 Å². The van der Waals surface area contributed by atoms with E-state index < -0.39 is 6.10 Å². The number of hydrogen-bond donors (Lipinski definition) is 1. The number of benzene rings is 1. The van der Waals surface area contributed by atoms with Crippen LogP contribution in [0, 0.1) is 5.92 Å². The summed E-state index contributed by atoms with van der Waals surface area (Å²) in [4.78, 5) is 23.4. The van der Waals surface area contributed by atoms with Crippen LogP contribution in [0.15, 0.2) is 48.8 Å². The Balaban J connectivity index is 1.38. The molecule has 3 heterocycles. The molecule has 6 nitrogen and oxygen atoms in total. The molecule has 0 radical (unpaired) electrons. The van der Waals surface area contributed by atoms with Gasteiger partial charge in [0.1, 0.15) is 0 Å². The number of piperazine rings is 1. The molecule has 2 saturated heterocycles. The zero-order chi connectivity index (χ0) is 19.5. The van der Waals surface area contributed by atoms with Gasteiger partial charge in [0.05, 0.1) is 6.10 Å². The summed E-state index contributed by atoms with van der Waals surface area (Å²) in [6, 6.07) is 11.8. The predicted molar refractivity (Wildman–Crippen MR) is 109 cm³/mol. The zero-order valence-corrected chi connectivity index (χ0v) is 16.4. The standard InChI is InChI=1S/C22H28N4O2/c1-24-10-12-25(13-11-24)20-4-2-18(3-5-20)22(28)26-15-19(21(27)16-26)14-17-6-8-23-9-7-17/h2-9,19,21,27H,10-16H2,1H3/t19-,21+/m1/s1. The van der Waals surface area contributed by atoms with E-state index in [1.54, 1.807) is 17.3 Å². The average molecular weight is 380 g/mol. The minimum absolute atomic E-state index is 0.00112. The molecule has 28 heavy (non-hydrogen) atoms. The van der Waals surface area contributed by atoms with Crippen molar-refractivity contribution >= 4 is 11.6 Å². The Labute approximate surface area is 166 Å². The summed E-state index contributed by atoms with van der Waals surface area (Å²) < 4.78 is 0. The monoisotopic (exact) mass is 380 g/mol. The highest BCUT2D eigenvalue weighted by Crippen LogP contribution is 2.24. The lowest BCUT2D eigenvalue weighted by atomic mass is 9.97. The van der Waals surface area contributed by atoms with E-state index in [0.717, 1.165) is 38.2 Å². The van der Waals surface area contributed by atoms with Crippen LogP contribution in [0.3, 0.4) is 0 Å². The Kier molecular flexibility index (Phi) is 5.59. The molecular weight excluding hydrogens is 352 g/mol. The van der Waals surface area contributed by atoms with Crippen molar-refractivity contribution in [3.63, 3.8) is 0 Å². The van der Waals surface area contributed by atoms with Crippen molar-refractivity contribution in [2.24, 2.45) is 5.92 Å². The van der Waals surface area contributed by atoms with E-state index in [1.807, 2.05) is 36.4 Å². The molecule has 1 aromatic carbocycles. The molecule has 2 atom stereocenters. The first kappa shape index (κ1) is 18.9. The normalized spacial score (nSPS) is 23.2. The number of aromatic nitrogens is 1. The lowest BCUT2D eigenvalue weighted by molar-refractivity contribution is 0.0764. The second-order valence-corrected chi connectivity index (χ2v) is 7.93. The highest BCUT2D eigenvalue weighted by atomic mass is 16.3. The van der Waals surface area contributed by atoms with Gasteiger partial charge in [-0.15, -0.1) is 0 Å². The van der Waals surface area contributed by atoms with Crippen molar-refractivity contribution in [2.75, 3.05) is 51.2 Å². The van der Waals surface area contributed by atoms with Crippen LogP contribution in [0.1, 0.15) is 15.9 Å². The van der Waals surface area contributed by atoms with E-state index in [0.29, 0.717) is 18.7 Å². The molecular formula is C22H28N4O2. The van der Waals surface area contributed by atoms with Crippen LogP contribution in [0.25, 0.3) is 0 Å². The van der Waals surface area contributed by atoms with Gasteiger partial charge in [0.15, 0.2) is 0 Å². The third-order valence-corrected chi connectivity index (χ3v) is 5.92. The first-order chi connectivity index (χ1) is 13.6. The fraction of sp³-hybridized carbons (Fsp3) is 0.455. The van der Waals surface area contributed by atoms with Gasteiger partial charge in [-0.2, -0.15) is 0 Å². The van der Waals surface area contributed by atoms with E-state index in [-0.39, 0.29) is 11.8 Å². The third kappa shape index (κ3) is 4.18. The van der Waals surface area contributed by atoms with Crippen molar-refractivity contribution in [2.45, 2.75) is 12.5 Å². The van der Waals surface area contributed by atoms with E-state index in [2.05, 4.69) is 21.8 Å². The van der Waals surface area contributed by atoms with Crippen molar-refractivity contribution in [1.82, 2.24) is 14.8 Å². The molecule has 1 aromatic heterocycles. The topological polar surface area (TPSA) is 59.9 Å². The van der Waals surface area contributed by atoms with E-state index in [9.17, 15) is 9.90 Å². The number of pyridine rings is 1. The summed E-state index contributed by atoms with van der Waals surface area (Å²) in [5.74, 6) is 0.0668. The number of anilines is 1. The minimum Gasteiger partial charge on any atom is -0.391 e. The third-order valence-electron chi connectivity index (χ3n) is 5.92. The molecule has 0 spiro atoms. The average Bonchev–Trinajstić information content (AvgIpc) is 3.09. The minimum atomic E-state index is -0.485. The van der Waals surface area contributed by atoms with Crippen molar-refractivity contribution in [3.8, 4) is 0 Å². The first-order valence-electron chi connectivity index (χ1n) is 10.00. The number of nitrogens with zero attached hydrogens (tertiary/aromatic N) is 4. The number of likely N-dealkylation sites (N-methyl/N-ethyl adjacent to an activating group) is 1. The summed E-state index contributed by atoms with van der Waals surface area (Å²) in [5, 5.41) is 10.4. The highest BCUT2D eigenvalue weighted by Gasteiger charge is 2.34. The van der Waals surface area contributed by atoms with Crippen LogP contribution in [0.2, 0.25) is 0 Å². The number of hydrogen-bond acceptors (Lipinski definition) is 5.